The van der Waals surface area contributed by atoms with Crippen LogP contribution < -0.4 is 0 Å². The van der Waals surface area contributed by atoms with Crippen LogP contribution in [0, 0.1) is 21.4 Å². The Hall–Kier alpha value is -5.32. The number of non-ortho nitro benzene ring substituents is 1. The Balaban J connectivity index is 1.79. The van der Waals surface area contributed by atoms with Gasteiger partial charge in [-0.2, -0.15) is 10.4 Å². The maximum absolute atomic E-state index is 11.4. The third-order valence-corrected chi connectivity index (χ3v) is 6.71. The summed E-state index contributed by atoms with van der Waals surface area (Å²) < 4.78 is 1.77. The molecule has 2 heterocycles. The fourth-order valence-corrected chi connectivity index (χ4v) is 4.79. The maximum atomic E-state index is 11.4. The van der Waals surface area contributed by atoms with Gasteiger partial charge in [0, 0.05) is 33.8 Å². The molecule has 0 radical (unpaired) electrons. The lowest BCUT2D eigenvalue weighted by Gasteiger charge is -2.13. The summed E-state index contributed by atoms with van der Waals surface area (Å²) in [7, 11) is 0. The van der Waals surface area contributed by atoms with Gasteiger partial charge in [-0.15, -0.1) is 0 Å². The number of hydrogen-bond donors (Lipinski definition) is 0. The lowest BCUT2D eigenvalue weighted by atomic mass is 9.92. The van der Waals surface area contributed by atoms with Gasteiger partial charge < -0.3 is 0 Å². The summed E-state index contributed by atoms with van der Waals surface area (Å²) in [4.78, 5) is 16.0. The van der Waals surface area contributed by atoms with Crippen LogP contribution in [0.5, 0.6) is 0 Å². The van der Waals surface area contributed by atoms with E-state index >= 15 is 0 Å². The molecule has 6 aromatic rings. The first-order valence-electron chi connectivity index (χ1n) is 12.0. The fraction of sp³-hybridized carbons (Fsp3) is 0. The highest BCUT2D eigenvalue weighted by molar-refractivity contribution is 6.30. The Morgan fingerprint density at radius 3 is 1.97 bits per heavy atom. The molecule has 7 nitrogen and oxygen atoms in total. The normalized spacial score (nSPS) is 10.9. The number of nitro groups is 1. The van der Waals surface area contributed by atoms with Crippen LogP contribution in [0.15, 0.2) is 109 Å². The van der Waals surface area contributed by atoms with Gasteiger partial charge in [0.2, 0.25) is 0 Å². The molecule has 0 atom stereocenters. The molecule has 39 heavy (non-hydrogen) atoms. The molecule has 0 aliphatic rings. The minimum Gasteiger partial charge on any atom is -0.258 e. The lowest BCUT2D eigenvalue weighted by molar-refractivity contribution is -0.384. The highest BCUT2D eigenvalue weighted by atomic mass is 35.5. The minimum absolute atomic E-state index is 0.0382. The molecule has 0 aliphatic carbocycles. The zero-order valence-electron chi connectivity index (χ0n) is 20.3. The molecule has 0 unspecified atom stereocenters. The van der Waals surface area contributed by atoms with Crippen LogP contribution >= 0.6 is 11.6 Å². The summed E-state index contributed by atoms with van der Waals surface area (Å²) in [6, 6.07) is 35.0. The van der Waals surface area contributed by atoms with E-state index in [1.165, 1.54) is 12.1 Å². The minimum atomic E-state index is -0.445. The first kappa shape index (κ1) is 24.0. The van der Waals surface area contributed by atoms with Crippen LogP contribution in [0.1, 0.15) is 5.56 Å². The molecule has 0 spiro atoms. The molecule has 0 aliphatic heterocycles. The van der Waals surface area contributed by atoms with Gasteiger partial charge in [0.05, 0.1) is 27.3 Å². The molecule has 0 N–H and O–H groups in total. The Morgan fingerprint density at radius 2 is 1.36 bits per heavy atom. The third kappa shape index (κ3) is 4.29. The van der Waals surface area contributed by atoms with E-state index in [0.717, 1.165) is 16.8 Å². The van der Waals surface area contributed by atoms with E-state index < -0.39 is 4.92 Å². The number of fused-ring (bicyclic) bond motifs is 1. The molecule has 2 aromatic heterocycles. The van der Waals surface area contributed by atoms with Crippen molar-refractivity contribution in [3.63, 3.8) is 0 Å². The van der Waals surface area contributed by atoms with Crippen molar-refractivity contribution in [2.24, 2.45) is 0 Å². The number of para-hydroxylation sites is 1. The summed E-state index contributed by atoms with van der Waals surface area (Å²) in [6.45, 7) is 0. The van der Waals surface area contributed by atoms with Gasteiger partial charge in [-0.25, -0.2) is 9.67 Å². The average Bonchev–Trinajstić information content (AvgIpc) is 3.36. The molecule has 6 rings (SSSR count). The van der Waals surface area contributed by atoms with Crippen molar-refractivity contribution in [3.8, 4) is 45.4 Å². The van der Waals surface area contributed by atoms with Crippen LogP contribution in [0.2, 0.25) is 5.02 Å². The van der Waals surface area contributed by atoms with Gasteiger partial charge in [0.25, 0.3) is 5.69 Å². The largest absolute Gasteiger partial charge is 0.269 e. The standard InChI is InChI=1S/C31H18ClN5O2/c32-23-15-11-22(12-16-23)30-28-27(20-13-17-25(18-14-20)37(38)39)26(19-33)29(21-7-3-1-4-8-21)34-31(28)36(35-30)24-9-5-2-6-10-24/h1-18H. The van der Waals surface area contributed by atoms with Gasteiger partial charge in [0.15, 0.2) is 5.65 Å². The maximum Gasteiger partial charge on any atom is 0.269 e. The number of halogens is 1. The zero-order chi connectivity index (χ0) is 26.9. The summed E-state index contributed by atoms with van der Waals surface area (Å²) in [5.74, 6) is 0. The predicted octanol–water partition coefficient (Wildman–Crippen LogP) is 7.85. The van der Waals surface area contributed by atoms with Crippen LogP contribution in [0.4, 0.5) is 5.69 Å². The molecule has 186 valence electrons. The van der Waals surface area contributed by atoms with Crippen LogP contribution in [-0.2, 0) is 0 Å². The van der Waals surface area contributed by atoms with E-state index in [9.17, 15) is 15.4 Å². The second-order valence-electron chi connectivity index (χ2n) is 8.79. The summed E-state index contributed by atoms with van der Waals surface area (Å²) >= 11 is 6.19. The highest BCUT2D eigenvalue weighted by Crippen LogP contribution is 2.42. The number of hydrogen-bond acceptors (Lipinski definition) is 5. The Labute approximate surface area is 228 Å². The molecule has 0 amide bonds. The van der Waals surface area contributed by atoms with Gasteiger partial charge >= 0.3 is 0 Å². The fourth-order valence-electron chi connectivity index (χ4n) is 4.66. The van der Waals surface area contributed by atoms with Gasteiger partial charge in [0.1, 0.15) is 11.8 Å². The average molecular weight is 528 g/mol. The molecule has 8 heteroatoms. The monoisotopic (exact) mass is 527 g/mol. The number of nitro benzene ring substituents is 1. The van der Waals surface area contributed by atoms with Crippen molar-refractivity contribution >= 4 is 28.3 Å². The number of benzene rings is 4. The first-order valence-corrected chi connectivity index (χ1v) is 12.4. The lowest BCUT2D eigenvalue weighted by Crippen LogP contribution is -2.01. The molecule has 4 aromatic carbocycles. The second-order valence-corrected chi connectivity index (χ2v) is 9.23. The molecule has 0 bridgehead atoms. The Bertz CT molecular complexity index is 1880. The van der Waals surface area contributed by atoms with E-state index in [0.29, 0.717) is 44.1 Å². The number of nitriles is 1. The quantitative estimate of drug-likeness (QED) is 0.168. The number of pyridine rings is 1. The predicted molar refractivity (Wildman–Crippen MR) is 152 cm³/mol. The van der Waals surface area contributed by atoms with E-state index in [2.05, 4.69) is 6.07 Å². The van der Waals surface area contributed by atoms with Crippen molar-refractivity contribution < 1.29 is 4.92 Å². The highest BCUT2D eigenvalue weighted by Gasteiger charge is 2.26. The van der Waals surface area contributed by atoms with Gasteiger partial charge in [-0.05, 0) is 42.0 Å². The van der Waals surface area contributed by atoms with Gasteiger partial charge in [-0.3, -0.25) is 10.1 Å². The summed E-state index contributed by atoms with van der Waals surface area (Å²) in [5.41, 5.74) is 5.59. The molecular formula is C31H18ClN5O2. The number of aromatic nitrogens is 3. The first-order chi connectivity index (χ1) is 19.0. The smallest absolute Gasteiger partial charge is 0.258 e. The summed E-state index contributed by atoms with van der Waals surface area (Å²) in [6.07, 6.45) is 0. The van der Waals surface area contributed by atoms with Crippen LogP contribution in [0.3, 0.4) is 0 Å². The van der Waals surface area contributed by atoms with E-state index in [1.54, 1.807) is 28.9 Å². The van der Waals surface area contributed by atoms with Crippen molar-refractivity contribution in [3.05, 3.63) is 130 Å². The zero-order valence-corrected chi connectivity index (χ0v) is 21.1. The number of rotatable bonds is 5. The van der Waals surface area contributed by atoms with Crippen molar-refractivity contribution in [2.75, 3.05) is 0 Å². The summed E-state index contributed by atoms with van der Waals surface area (Å²) in [5, 5.41) is 28.1. The van der Waals surface area contributed by atoms with Crippen molar-refractivity contribution in [2.45, 2.75) is 0 Å². The molecule has 0 saturated heterocycles. The van der Waals surface area contributed by atoms with Crippen molar-refractivity contribution in [1.29, 1.82) is 5.26 Å². The van der Waals surface area contributed by atoms with Crippen LogP contribution in [-0.4, -0.2) is 19.7 Å². The second kappa shape index (κ2) is 9.86. The van der Waals surface area contributed by atoms with Gasteiger partial charge in [-0.1, -0.05) is 72.3 Å². The third-order valence-electron chi connectivity index (χ3n) is 6.46. The van der Waals surface area contributed by atoms with Crippen LogP contribution in [0.25, 0.3) is 50.4 Å². The van der Waals surface area contributed by atoms with E-state index in [-0.39, 0.29) is 5.69 Å². The number of nitrogens with zero attached hydrogens (tertiary/aromatic N) is 5. The molecule has 0 fully saturated rings. The van der Waals surface area contributed by atoms with E-state index in [4.69, 9.17) is 21.7 Å². The SMILES string of the molecule is N#Cc1c(-c2ccccc2)nc2c(c(-c3ccc(Cl)cc3)nn2-c2ccccc2)c1-c1ccc([N+](=O)[O-])cc1. The topological polar surface area (TPSA) is 97.6 Å². The van der Waals surface area contributed by atoms with Crippen molar-refractivity contribution in [1.82, 2.24) is 14.8 Å². The van der Waals surface area contributed by atoms with E-state index in [1.807, 2.05) is 72.8 Å². The Morgan fingerprint density at radius 1 is 0.769 bits per heavy atom. The Kier molecular flexibility index (Phi) is 6.08. The molecule has 0 saturated carbocycles. The molecular weight excluding hydrogens is 510 g/mol.